The molecular weight excluding hydrogens is 859 g/mol. The van der Waals surface area contributed by atoms with Gasteiger partial charge in [-0.25, -0.2) is 0 Å². The Bertz CT molecular complexity index is 2810. The van der Waals surface area contributed by atoms with Gasteiger partial charge in [-0.2, -0.15) is 0 Å². The summed E-state index contributed by atoms with van der Waals surface area (Å²) in [5, 5.41) is 5.96. The number of nitrogens with one attached hydrogen (secondary N) is 1. The lowest BCUT2D eigenvalue weighted by molar-refractivity contribution is 0.0689. The molecule has 2 saturated heterocycles. The van der Waals surface area contributed by atoms with Crippen LogP contribution < -0.4 is 14.8 Å². The van der Waals surface area contributed by atoms with Crippen LogP contribution in [0.5, 0.6) is 11.5 Å². The van der Waals surface area contributed by atoms with Crippen LogP contribution in [-0.4, -0.2) is 101 Å². The monoisotopic (exact) mass is 930 g/mol. The lowest BCUT2D eigenvalue weighted by Crippen LogP contribution is -2.37. The van der Waals surface area contributed by atoms with Gasteiger partial charge in [-0.3, -0.25) is 14.6 Å². The van der Waals surface area contributed by atoms with Crippen molar-refractivity contribution in [3.8, 4) is 11.5 Å². The van der Waals surface area contributed by atoms with Crippen molar-refractivity contribution in [2.24, 2.45) is 16.8 Å². The molecule has 2 aromatic heterocycles. The van der Waals surface area contributed by atoms with Gasteiger partial charge < -0.3 is 38.6 Å². The number of hydrogen-bond acceptors (Lipinski definition) is 7. The molecule has 69 heavy (non-hydrogen) atoms. The number of ether oxygens (including phenoxy) is 2. The van der Waals surface area contributed by atoms with Crippen molar-refractivity contribution in [1.82, 2.24) is 29.2 Å². The Hall–Kier alpha value is -6.07. The molecule has 0 spiro atoms. The Labute approximate surface area is 408 Å². The fourth-order valence-corrected chi connectivity index (χ4v) is 11.3. The number of carbonyl (C=O) groups excluding carboxylic acids is 2. The van der Waals surface area contributed by atoms with E-state index < -0.39 is 0 Å². The molecule has 362 valence electrons. The zero-order valence-electron chi connectivity index (χ0n) is 41.4. The highest BCUT2D eigenvalue weighted by molar-refractivity contribution is 6.00. The van der Waals surface area contributed by atoms with Crippen LogP contribution in [-0.2, 0) is 39.0 Å². The van der Waals surface area contributed by atoms with E-state index in [4.69, 9.17) is 14.5 Å². The van der Waals surface area contributed by atoms with E-state index >= 15 is 0 Å². The number of amides is 2. The van der Waals surface area contributed by atoms with Gasteiger partial charge in [-0.05, 0) is 135 Å². The predicted molar refractivity (Wildman–Crippen MR) is 277 cm³/mol. The molecule has 0 bridgehead atoms. The van der Waals surface area contributed by atoms with Crippen LogP contribution in [0.2, 0.25) is 0 Å². The largest absolute Gasteiger partial charge is 0.494 e. The summed E-state index contributed by atoms with van der Waals surface area (Å²) in [6, 6.07) is 29.6. The Morgan fingerprint density at radius 2 is 1.13 bits per heavy atom. The van der Waals surface area contributed by atoms with Gasteiger partial charge in [-0.15, -0.1) is 0 Å². The van der Waals surface area contributed by atoms with Crippen molar-refractivity contribution in [3.05, 3.63) is 130 Å². The summed E-state index contributed by atoms with van der Waals surface area (Å²) >= 11 is 0. The summed E-state index contributed by atoms with van der Waals surface area (Å²) in [6.07, 6.45) is 8.64. The highest BCUT2D eigenvalue weighted by Gasteiger charge is 2.29. The van der Waals surface area contributed by atoms with E-state index in [1.54, 1.807) is 0 Å². The van der Waals surface area contributed by atoms with E-state index in [0.29, 0.717) is 19.1 Å². The molecule has 2 fully saturated rings. The zero-order chi connectivity index (χ0) is 47.4. The minimum atomic E-state index is 0.176. The number of benzene rings is 4. The third-order valence-electron chi connectivity index (χ3n) is 15.4. The summed E-state index contributed by atoms with van der Waals surface area (Å²) < 4.78 is 16.2. The number of piperidine rings is 2. The number of aromatic nitrogens is 2. The first-order chi connectivity index (χ1) is 33.7. The van der Waals surface area contributed by atoms with Gasteiger partial charge in [0.05, 0.1) is 19.0 Å². The van der Waals surface area contributed by atoms with Crippen molar-refractivity contribution < 1.29 is 19.1 Å². The number of rotatable bonds is 10. The van der Waals surface area contributed by atoms with Crippen molar-refractivity contribution >= 4 is 39.5 Å². The first-order valence-corrected chi connectivity index (χ1v) is 26.0. The number of hydrogen-bond donors (Lipinski definition) is 1. The Balaban J connectivity index is 0.000000162. The average Bonchev–Trinajstić information content (AvgIpc) is 4.11. The summed E-state index contributed by atoms with van der Waals surface area (Å²) in [5.74, 6) is 4.86. The first-order valence-electron chi connectivity index (χ1n) is 26.0. The van der Waals surface area contributed by atoms with Crippen molar-refractivity contribution in [3.63, 3.8) is 0 Å². The number of carbonyl (C=O) groups is 2. The standard InChI is InChI=1S/C31H38N4O2.C27H33N3O2/c1-3-37-25-9-6-23(7-10-25)20-35-28-11-8-24(31(36)33-16-12-22(2)13-17-33)19-26(28)27-21-34(18-14-29(27)35)30-5-4-15-32-30;1-3-32-22-7-4-20(5-8-22)18-30-25-9-6-21(27(31)29-14-11-19(2)12-15-29)16-23(25)24-17-28-13-10-26(24)30/h6-11,19,22H,3-5,12-18,20-21H2,1-2H3;4-9,16,19,28H,3,10-15,17-18H2,1-2H3. The maximum Gasteiger partial charge on any atom is 0.253 e. The number of fused-ring (bicyclic) bond motifs is 6. The molecule has 2 amide bonds. The Kier molecular flexibility index (Phi) is 14.1. The van der Waals surface area contributed by atoms with E-state index in [0.717, 1.165) is 152 Å². The van der Waals surface area contributed by atoms with Gasteiger partial charge in [-0.1, -0.05) is 38.1 Å². The van der Waals surface area contributed by atoms with Crippen LogP contribution in [0.15, 0.2) is 89.9 Å². The lowest BCUT2D eigenvalue weighted by Gasteiger charge is -2.30. The zero-order valence-corrected chi connectivity index (χ0v) is 41.4. The normalized spacial score (nSPS) is 17.6. The molecule has 5 aliphatic heterocycles. The van der Waals surface area contributed by atoms with Gasteiger partial charge in [0.2, 0.25) is 0 Å². The maximum absolute atomic E-state index is 13.5. The molecule has 0 saturated carbocycles. The summed E-state index contributed by atoms with van der Waals surface area (Å²) in [5.41, 5.74) is 12.1. The molecule has 1 N–H and O–H groups in total. The summed E-state index contributed by atoms with van der Waals surface area (Å²) in [4.78, 5) is 38.0. The minimum absolute atomic E-state index is 0.176. The minimum Gasteiger partial charge on any atom is -0.494 e. The maximum atomic E-state index is 13.5. The van der Waals surface area contributed by atoms with Crippen LogP contribution in [0, 0.1) is 11.8 Å². The second-order valence-corrected chi connectivity index (χ2v) is 20.1. The van der Waals surface area contributed by atoms with E-state index in [-0.39, 0.29) is 11.8 Å². The van der Waals surface area contributed by atoms with Crippen molar-refractivity contribution in [2.75, 3.05) is 59.0 Å². The number of nitrogens with zero attached hydrogens (tertiary/aromatic N) is 6. The molecule has 0 radical (unpaired) electrons. The second kappa shape index (κ2) is 20.9. The SMILES string of the molecule is CCOc1ccc(Cn2c3c(c4cc(C(=O)N5CCC(C)CC5)ccc42)CN(C2=NCCC2)CC3)cc1.CCOc1ccc(Cn2c3c(c4cc(C(=O)N5CCC(C)CC5)ccc42)CNCC3)cc1. The molecule has 11 heteroatoms. The topological polar surface area (TPSA) is 96.6 Å². The van der Waals surface area contributed by atoms with E-state index in [1.807, 2.05) is 35.8 Å². The predicted octanol–water partition coefficient (Wildman–Crippen LogP) is 10.1. The van der Waals surface area contributed by atoms with Crippen molar-refractivity contribution in [2.45, 2.75) is 105 Å². The molecule has 6 aromatic rings. The quantitative estimate of drug-likeness (QED) is 0.147. The first kappa shape index (κ1) is 46.6. The van der Waals surface area contributed by atoms with Crippen LogP contribution >= 0.6 is 0 Å². The molecular formula is C58H71N7O4. The van der Waals surface area contributed by atoms with Crippen LogP contribution in [0.25, 0.3) is 21.8 Å². The molecule has 11 nitrogen and oxygen atoms in total. The van der Waals surface area contributed by atoms with Gasteiger partial charge in [0.15, 0.2) is 0 Å². The molecule has 0 atom stereocenters. The van der Waals surface area contributed by atoms with E-state index in [2.05, 4.69) is 106 Å². The van der Waals surface area contributed by atoms with E-state index in [1.165, 1.54) is 61.3 Å². The highest BCUT2D eigenvalue weighted by Crippen LogP contribution is 2.35. The summed E-state index contributed by atoms with van der Waals surface area (Å²) in [6.45, 7) is 19.7. The Morgan fingerprint density at radius 1 is 0.623 bits per heavy atom. The molecule has 0 aliphatic carbocycles. The van der Waals surface area contributed by atoms with Gasteiger partial charge in [0, 0.05) is 141 Å². The summed E-state index contributed by atoms with van der Waals surface area (Å²) in [7, 11) is 0. The van der Waals surface area contributed by atoms with E-state index in [9.17, 15) is 9.59 Å². The lowest BCUT2D eigenvalue weighted by atomic mass is 9.98. The molecule has 7 heterocycles. The third-order valence-corrected chi connectivity index (χ3v) is 15.4. The van der Waals surface area contributed by atoms with Crippen LogP contribution in [0.1, 0.15) is 121 Å². The van der Waals surface area contributed by atoms with Gasteiger partial charge in [0.1, 0.15) is 11.5 Å². The Morgan fingerprint density at radius 3 is 1.62 bits per heavy atom. The molecule has 11 rings (SSSR count). The van der Waals surface area contributed by atoms with Gasteiger partial charge >= 0.3 is 0 Å². The van der Waals surface area contributed by atoms with Gasteiger partial charge in [0.25, 0.3) is 11.8 Å². The van der Waals surface area contributed by atoms with Crippen molar-refractivity contribution in [1.29, 1.82) is 0 Å². The smallest absolute Gasteiger partial charge is 0.253 e. The molecule has 0 unspecified atom stereocenters. The van der Waals surface area contributed by atoms with Crippen LogP contribution in [0.4, 0.5) is 0 Å². The number of likely N-dealkylation sites (tertiary alicyclic amines) is 2. The molecule has 4 aromatic carbocycles. The fraction of sp³-hybridized carbons (Fsp3) is 0.466. The number of aliphatic imine (C=N–C) groups is 1. The highest BCUT2D eigenvalue weighted by atomic mass is 16.5. The third kappa shape index (κ3) is 10.0. The number of amidine groups is 1. The fourth-order valence-electron chi connectivity index (χ4n) is 11.3. The molecule has 5 aliphatic rings. The second-order valence-electron chi connectivity index (χ2n) is 20.1. The van der Waals surface area contributed by atoms with Crippen LogP contribution in [0.3, 0.4) is 0 Å². The average molecular weight is 930 g/mol.